The summed E-state index contributed by atoms with van der Waals surface area (Å²) < 4.78 is 6.78. The summed E-state index contributed by atoms with van der Waals surface area (Å²) in [5.41, 5.74) is 2.72. The first-order chi connectivity index (χ1) is 12.3. The minimum absolute atomic E-state index is 0.0316. The molecule has 0 aliphatic rings. The number of hydrogen-bond acceptors (Lipinski definition) is 4. The van der Waals surface area contributed by atoms with Crippen LogP contribution in [0.5, 0.6) is 5.75 Å². The quantitative estimate of drug-likeness (QED) is 0.465. The van der Waals surface area contributed by atoms with Gasteiger partial charge in [0.15, 0.2) is 12.4 Å². The van der Waals surface area contributed by atoms with Gasteiger partial charge in [-0.3, -0.25) is 4.79 Å². The second-order valence-corrected chi connectivity index (χ2v) is 6.62. The largest absolute Gasteiger partial charge is 0.485 e. The number of aromatic nitrogens is 1. The number of ketones is 1. The fraction of sp³-hybridized carbons (Fsp3) is 0.0476. The molecule has 0 spiro atoms. The topological polar surface area (TPSA) is 39.2 Å². The maximum absolute atomic E-state index is 12.1. The Morgan fingerprint density at radius 3 is 2.36 bits per heavy atom. The third-order valence-electron chi connectivity index (χ3n) is 3.86. The number of hydrogen-bond donors (Lipinski definition) is 0. The smallest absolute Gasteiger partial charge is 0.200 e. The van der Waals surface area contributed by atoms with Gasteiger partial charge in [0.2, 0.25) is 0 Å². The Morgan fingerprint density at radius 1 is 0.880 bits per heavy atom. The first-order valence-electron chi connectivity index (χ1n) is 7.97. The number of carbonyl (C=O) groups excluding carboxylic acids is 1. The maximum atomic E-state index is 12.1. The molecule has 0 N–H and O–H groups in total. The van der Waals surface area contributed by atoms with Crippen molar-refractivity contribution in [2.45, 2.75) is 0 Å². The number of benzene rings is 3. The molecule has 4 heteroatoms. The molecule has 1 aromatic heterocycles. The van der Waals surface area contributed by atoms with E-state index in [2.05, 4.69) is 11.1 Å². The van der Waals surface area contributed by atoms with Gasteiger partial charge >= 0.3 is 0 Å². The fourth-order valence-electron chi connectivity index (χ4n) is 2.55. The number of rotatable bonds is 5. The van der Waals surface area contributed by atoms with E-state index in [-0.39, 0.29) is 12.4 Å². The molecule has 4 rings (SSSR count). The Morgan fingerprint density at radius 2 is 1.60 bits per heavy atom. The van der Waals surface area contributed by atoms with Gasteiger partial charge in [-0.2, -0.15) is 0 Å². The zero-order valence-electron chi connectivity index (χ0n) is 13.4. The van der Waals surface area contributed by atoms with Gasteiger partial charge in [-0.15, -0.1) is 11.3 Å². The molecule has 122 valence electrons. The van der Waals surface area contributed by atoms with Crippen LogP contribution in [-0.4, -0.2) is 17.4 Å². The van der Waals surface area contributed by atoms with Crippen LogP contribution in [0.15, 0.2) is 78.9 Å². The van der Waals surface area contributed by atoms with Crippen molar-refractivity contribution >= 4 is 27.3 Å². The second kappa shape index (κ2) is 6.87. The van der Waals surface area contributed by atoms with Crippen LogP contribution in [-0.2, 0) is 0 Å². The van der Waals surface area contributed by atoms with Crippen LogP contribution in [0.1, 0.15) is 10.4 Å². The van der Waals surface area contributed by atoms with E-state index in [1.165, 1.54) is 4.70 Å². The number of thiazole rings is 1. The molecule has 0 fully saturated rings. The van der Waals surface area contributed by atoms with Crippen molar-refractivity contribution in [2.75, 3.05) is 6.61 Å². The third-order valence-corrected chi connectivity index (χ3v) is 4.95. The van der Waals surface area contributed by atoms with Gasteiger partial charge in [-0.1, -0.05) is 42.5 Å². The van der Waals surface area contributed by atoms with Gasteiger partial charge in [0.05, 0.1) is 10.2 Å². The van der Waals surface area contributed by atoms with Crippen LogP contribution in [0.25, 0.3) is 20.8 Å². The molecular weight excluding hydrogens is 330 g/mol. The van der Waals surface area contributed by atoms with Gasteiger partial charge in [0, 0.05) is 11.1 Å². The Kier molecular flexibility index (Phi) is 4.27. The summed E-state index contributed by atoms with van der Waals surface area (Å²) in [5.74, 6) is 0.644. The predicted molar refractivity (Wildman–Crippen MR) is 101 cm³/mol. The van der Waals surface area contributed by atoms with Crippen molar-refractivity contribution in [1.29, 1.82) is 0 Å². The van der Waals surface area contributed by atoms with Crippen molar-refractivity contribution < 1.29 is 9.53 Å². The average Bonchev–Trinajstić information content (AvgIpc) is 3.11. The molecule has 3 aromatic carbocycles. The highest BCUT2D eigenvalue weighted by Gasteiger charge is 2.08. The van der Waals surface area contributed by atoms with Crippen molar-refractivity contribution in [3.8, 4) is 16.3 Å². The Balaban J connectivity index is 1.46. The highest BCUT2D eigenvalue weighted by molar-refractivity contribution is 7.21. The molecule has 0 aliphatic heterocycles. The third kappa shape index (κ3) is 3.44. The molecule has 0 amide bonds. The van der Waals surface area contributed by atoms with Gasteiger partial charge in [-0.25, -0.2) is 4.98 Å². The number of fused-ring (bicyclic) bond motifs is 1. The van der Waals surface area contributed by atoms with Crippen LogP contribution < -0.4 is 4.74 Å². The van der Waals surface area contributed by atoms with Crippen LogP contribution in [0.4, 0.5) is 0 Å². The van der Waals surface area contributed by atoms with Gasteiger partial charge in [-0.05, 0) is 36.4 Å². The van der Waals surface area contributed by atoms with E-state index in [4.69, 9.17) is 4.74 Å². The summed E-state index contributed by atoms with van der Waals surface area (Å²) in [6.07, 6.45) is 0. The van der Waals surface area contributed by atoms with Crippen LogP contribution >= 0.6 is 11.3 Å². The van der Waals surface area contributed by atoms with E-state index < -0.39 is 0 Å². The summed E-state index contributed by atoms with van der Waals surface area (Å²) in [6.45, 7) is 0.0322. The predicted octanol–water partition coefficient (Wildman–Crippen LogP) is 5.23. The van der Waals surface area contributed by atoms with E-state index in [1.54, 1.807) is 23.5 Å². The molecule has 0 saturated heterocycles. The first kappa shape index (κ1) is 15.5. The fourth-order valence-corrected chi connectivity index (χ4v) is 3.52. The van der Waals surface area contributed by atoms with E-state index in [1.807, 2.05) is 60.7 Å². The van der Waals surface area contributed by atoms with E-state index in [0.717, 1.165) is 16.1 Å². The Labute approximate surface area is 149 Å². The minimum atomic E-state index is -0.0316. The van der Waals surface area contributed by atoms with Crippen LogP contribution in [0, 0.1) is 0 Å². The number of para-hydroxylation sites is 1. The molecule has 0 bridgehead atoms. The molecular formula is C21H15NO2S. The standard InChI is InChI=1S/C21H15NO2S/c23-19(15-6-2-1-3-7-15)14-24-17-12-10-16(11-13-17)21-22-18-8-4-5-9-20(18)25-21/h1-13H,14H2. The van der Waals surface area contributed by atoms with Crippen LogP contribution in [0.2, 0.25) is 0 Å². The van der Waals surface area contributed by atoms with Crippen LogP contribution in [0.3, 0.4) is 0 Å². The summed E-state index contributed by atoms with van der Waals surface area (Å²) in [7, 11) is 0. The zero-order chi connectivity index (χ0) is 17.1. The Bertz CT molecular complexity index is 974. The second-order valence-electron chi connectivity index (χ2n) is 5.59. The van der Waals surface area contributed by atoms with Gasteiger partial charge in [0.1, 0.15) is 10.8 Å². The monoisotopic (exact) mass is 345 g/mol. The molecule has 0 atom stereocenters. The van der Waals surface area contributed by atoms with E-state index >= 15 is 0 Å². The Hall–Kier alpha value is -2.98. The maximum Gasteiger partial charge on any atom is 0.200 e. The zero-order valence-corrected chi connectivity index (χ0v) is 14.2. The number of ether oxygens (including phenoxy) is 1. The van der Waals surface area contributed by atoms with Crippen molar-refractivity contribution in [2.24, 2.45) is 0 Å². The molecule has 0 aliphatic carbocycles. The molecule has 3 nitrogen and oxygen atoms in total. The number of carbonyl (C=O) groups is 1. The molecule has 25 heavy (non-hydrogen) atoms. The average molecular weight is 345 g/mol. The lowest BCUT2D eigenvalue weighted by molar-refractivity contribution is 0.0921. The minimum Gasteiger partial charge on any atom is -0.485 e. The van der Waals surface area contributed by atoms with Crippen molar-refractivity contribution in [3.63, 3.8) is 0 Å². The highest BCUT2D eigenvalue weighted by atomic mass is 32.1. The molecule has 0 radical (unpaired) electrons. The first-order valence-corrected chi connectivity index (χ1v) is 8.78. The normalized spacial score (nSPS) is 10.7. The highest BCUT2D eigenvalue weighted by Crippen LogP contribution is 2.30. The summed E-state index contributed by atoms with van der Waals surface area (Å²) in [5, 5.41) is 0.980. The lowest BCUT2D eigenvalue weighted by Gasteiger charge is -2.06. The summed E-state index contributed by atoms with van der Waals surface area (Å²) in [4.78, 5) is 16.7. The lowest BCUT2D eigenvalue weighted by atomic mass is 10.1. The SMILES string of the molecule is O=C(COc1ccc(-c2nc3ccccc3s2)cc1)c1ccccc1. The molecule has 4 aromatic rings. The van der Waals surface area contributed by atoms with E-state index in [9.17, 15) is 4.79 Å². The summed E-state index contributed by atoms with van der Waals surface area (Å²) >= 11 is 1.67. The lowest BCUT2D eigenvalue weighted by Crippen LogP contribution is -2.11. The molecule has 0 saturated carbocycles. The molecule has 1 heterocycles. The molecule has 0 unspecified atom stereocenters. The number of Topliss-reactive ketones (excluding diaryl/α,β-unsaturated/α-hetero) is 1. The number of nitrogens with zero attached hydrogens (tertiary/aromatic N) is 1. The van der Waals surface area contributed by atoms with Gasteiger partial charge < -0.3 is 4.74 Å². The van der Waals surface area contributed by atoms with Gasteiger partial charge in [0.25, 0.3) is 0 Å². The van der Waals surface area contributed by atoms with Crippen molar-refractivity contribution in [3.05, 3.63) is 84.4 Å². The van der Waals surface area contributed by atoms with Crippen molar-refractivity contribution in [1.82, 2.24) is 4.98 Å². The van der Waals surface area contributed by atoms with E-state index in [0.29, 0.717) is 11.3 Å². The summed E-state index contributed by atoms with van der Waals surface area (Å²) in [6, 6.07) is 25.0.